The van der Waals surface area contributed by atoms with E-state index in [1.54, 1.807) is 27.7 Å². The lowest BCUT2D eigenvalue weighted by Crippen LogP contribution is -2.25. The lowest BCUT2D eigenvalue weighted by Gasteiger charge is -2.30. The van der Waals surface area contributed by atoms with Gasteiger partial charge in [0.05, 0.1) is 47.1 Å². The Bertz CT molecular complexity index is 1340. The minimum Gasteiger partial charge on any atom is -0.471 e. The van der Waals surface area contributed by atoms with Crippen molar-refractivity contribution in [1.29, 1.82) is 0 Å². The molecule has 1 aliphatic rings. The van der Waals surface area contributed by atoms with Crippen molar-refractivity contribution in [2.75, 3.05) is 26.4 Å². The fourth-order valence-corrected chi connectivity index (χ4v) is 17.9. The molecular formula is C16H24N12O4P4S8. The SMILES string of the molecule is CCOC(=S)NP1(N=C=S)=NP(N=C=S)(NC(=S)OCC)=NP(N=C=S)(NC(=S)OCC)=NP(N=C=S)(NC(=S)OCC)=N1. The highest BCUT2D eigenvalue weighted by atomic mass is 32.1. The fourth-order valence-electron chi connectivity index (χ4n) is 2.58. The summed E-state index contributed by atoms with van der Waals surface area (Å²) in [7, 11) is -15.8. The number of thiocarbonyl (C=S) groups is 8. The number of nitrogens with one attached hydrogen (secondary N) is 4. The molecule has 16 nitrogen and oxygen atoms in total. The van der Waals surface area contributed by atoms with Crippen LogP contribution in [0.15, 0.2) is 37.1 Å². The van der Waals surface area contributed by atoms with Gasteiger partial charge in [-0.1, -0.05) is 0 Å². The molecule has 1 rings (SSSR count). The van der Waals surface area contributed by atoms with Gasteiger partial charge in [0.15, 0.2) is 0 Å². The average molecular weight is 829 g/mol. The molecule has 1 heterocycles. The fraction of sp³-hybridized carbons (Fsp3) is 0.500. The number of rotatable bonds is 12. The first kappa shape index (κ1) is 40.9. The second kappa shape index (κ2) is 20.2. The topological polar surface area (TPSA) is 184 Å². The summed E-state index contributed by atoms with van der Waals surface area (Å²) >= 11 is 41.4. The number of ether oxygens (including phenoxy) is 4. The zero-order valence-corrected chi connectivity index (χ0v) is 33.2. The van der Waals surface area contributed by atoms with Gasteiger partial charge in [0.2, 0.25) is 0 Å². The van der Waals surface area contributed by atoms with Gasteiger partial charge in [-0.05, 0) is 125 Å². The standard InChI is InChI=1S/C16H24N12O4P4S8/c1-5-29-13(41)21-33(17-9-37)25-34(18-10-38,22-14(42)30-6-2)27-36(20-12-40,24-16(44)32-8-4)28-35(26-33,19-11-39)23-15(43)31-7-3/h5-8H2,1-4H3,(H,21,41)(H,22,42)(H,23,43)(H,24,44). The van der Waals surface area contributed by atoms with Crippen molar-refractivity contribution in [3.63, 3.8) is 0 Å². The molecule has 0 saturated heterocycles. The highest BCUT2D eigenvalue weighted by molar-refractivity contribution is 7.89. The Morgan fingerprint density at radius 1 is 0.477 bits per heavy atom. The van der Waals surface area contributed by atoms with Crippen LogP contribution in [0.25, 0.3) is 0 Å². The van der Waals surface area contributed by atoms with Gasteiger partial charge in [0, 0.05) is 0 Å². The predicted octanol–water partition coefficient (Wildman–Crippen LogP) is 7.84. The maximum atomic E-state index is 5.46. The molecule has 0 aromatic rings. The van der Waals surface area contributed by atoms with Crippen molar-refractivity contribution in [3.05, 3.63) is 0 Å². The molecule has 0 atom stereocenters. The molecule has 1 aliphatic heterocycles. The summed E-state index contributed by atoms with van der Waals surface area (Å²) in [6.07, 6.45) is 0. The summed E-state index contributed by atoms with van der Waals surface area (Å²) in [5.41, 5.74) is 0. The quantitative estimate of drug-likeness (QED) is 0.0847. The van der Waals surface area contributed by atoms with Crippen LogP contribution in [0.3, 0.4) is 0 Å². The molecule has 0 aliphatic carbocycles. The van der Waals surface area contributed by atoms with Crippen LogP contribution in [-0.2, 0) is 18.9 Å². The van der Waals surface area contributed by atoms with E-state index in [2.05, 4.69) is 60.0 Å². The normalized spacial score (nSPS) is 24.8. The molecule has 0 saturated carbocycles. The van der Waals surface area contributed by atoms with E-state index in [-0.39, 0.29) is 47.1 Å². The summed E-state index contributed by atoms with van der Waals surface area (Å²) in [5, 5.41) is 19.9. The molecule has 44 heavy (non-hydrogen) atoms. The van der Waals surface area contributed by atoms with E-state index in [9.17, 15) is 0 Å². The zero-order chi connectivity index (χ0) is 33.3. The lowest BCUT2D eigenvalue weighted by molar-refractivity contribution is 0.327. The first-order valence-corrected chi connectivity index (χ1v) is 21.5. The van der Waals surface area contributed by atoms with E-state index in [1.807, 2.05) is 0 Å². The number of hydrogen-bond donors (Lipinski definition) is 4. The largest absolute Gasteiger partial charge is 0.471 e. The van der Waals surface area contributed by atoms with Crippen LogP contribution in [0.1, 0.15) is 27.7 Å². The molecule has 0 aromatic heterocycles. The Kier molecular flexibility index (Phi) is 18.8. The van der Waals surface area contributed by atoms with Crippen molar-refractivity contribution in [2.24, 2.45) is 37.1 Å². The van der Waals surface area contributed by atoms with Crippen LogP contribution >= 0.6 is 128 Å². The lowest BCUT2D eigenvalue weighted by atomic mass is 10.9. The van der Waals surface area contributed by atoms with Gasteiger partial charge in [-0.15, -0.1) is 19.1 Å². The highest BCUT2D eigenvalue weighted by Gasteiger charge is 2.41. The molecule has 0 amide bonds. The Hall–Kier alpha value is -1.12. The van der Waals surface area contributed by atoms with Gasteiger partial charge >= 0.3 is 30.0 Å². The van der Waals surface area contributed by atoms with Gasteiger partial charge in [0.25, 0.3) is 20.7 Å². The summed E-state index contributed by atoms with van der Waals surface area (Å²) in [6, 6.07) is 0. The minimum atomic E-state index is -3.95. The van der Waals surface area contributed by atoms with Crippen LogP contribution in [0.2, 0.25) is 0 Å². The highest BCUT2D eigenvalue weighted by Crippen LogP contribution is 2.76. The Morgan fingerprint density at radius 3 is 0.795 bits per heavy atom. The van der Waals surface area contributed by atoms with Crippen molar-refractivity contribution < 1.29 is 18.9 Å². The van der Waals surface area contributed by atoms with Crippen molar-refractivity contribution in [1.82, 2.24) is 20.3 Å². The summed E-state index contributed by atoms with van der Waals surface area (Å²) in [6.45, 7) is 7.53. The monoisotopic (exact) mass is 828 g/mol. The number of hydrogen-bond acceptors (Lipinski definition) is 20. The second-order valence-corrected chi connectivity index (χ2v) is 18.0. The van der Waals surface area contributed by atoms with Gasteiger partial charge in [-0.3, -0.25) is 20.3 Å². The molecule has 0 unspecified atom stereocenters. The third kappa shape index (κ3) is 12.9. The van der Waals surface area contributed by atoms with Gasteiger partial charge in [-0.25, -0.2) is 0 Å². The molecule has 4 N–H and O–H groups in total. The molecule has 0 spiro atoms. The van der Waals surface area contributed by atoms with Crippen molar-refractivity contribution >= 4 is 169 Å². The first-order valence-electron chi connectivity index (χ1n) is 11.6. The van der Waals surface area contributed by atoms with Gasteiger partial charge < -0.3 is 18.9 Å². The molecular weight excluding hydrogens is 805 g/mol. The van der Waals surface area contributed by atoms with E-state index < -0.39 is 30.0 Å². The van der Waals surface area contributed by atoms with E-state index in [4.69, 9.17) is 135 Å². The van der Waals surface area contributed by atoms with E-state index in [0.717, 1.165) is 0 Å². The summed E-state index contributed by atoms with van der Waals surface area (Å²) < 4.78 is 58.2. The van der Waals surface area contributed by atoms with Crippen LogP contribution < -0.4 is 20.3 Å². The van der Waals surface area contributed by atoms with Crippen LogP contribution in [0, 0.1) is 0 Å². The van der Waals surface area contributed by atoms with Crippen molar-refractivity contribution in [2.45, 2.75) is 27.7 Å². The maximum Gasteiger partial charge on any atom is 0.301 e. The van der Waals surface area contributed by atoms with Crippen LogP contribution in [0.4, 0.5) is 0 Å². The molecule has 0 aromatic carbocycles. The summed E-state index contributed by atoms with van der Waals surface area (Å²) in [4.78, 5) is 0. The molecule has 28 heteroatoms. The van der Waals surface area contributed by atoms with Crippen LogP contribution in [-0.4, -0.2) is 67.8 Å². The molecule has 0 fully saturated rings. The first-order chi connectivity index (χ1) is 20.9. The zero-order valence-electron chi connectivity index (χ0n) is 23.1. The molecule has 240 valence electrons. The number of nitrogens with zero attached hydrogens (tertiary/aromatic N) is 8. The predicted molar refractivity (Wildman–Crippen MR) is 207 cm³/mol. The second-order valence-electron chi connectivity index (χ2n) is 6.73. The Labute approximate surface area is 297 Å². The van der Waals surface area contributed by atoms with Gasteiger partial charge in [0.1, 0.15) is 0 Å². The third-order valence-electron chi connectivity index (χ3n) is 3.79. The van der Waals surface area contributed by atoms with Crippen molar-refractivity contribution in [3.8, 4) is 0 Å². The van der Waals surface area contributed by atoms with Gasteiger partial charge in [-0.2, -0.15) is 18.1 Å². The third-order valence-corrected chi connectivity index (χ3v) is 17.7. The number of isothiocyanates is 4. The van der Waals surface area contributed by atoms with E-state index in [0.29, 0.717) is 0 Å². The molecule has 0 bridgehead atoms. The molecule has 0 radical (unpaired) electrons. The minimum absolute atomic E-state index is 0.175. The summed E-state index contributed by atoms with van der Waals surface area (Å²) in [5.74, 6) is 0. The van der Waals surface area contributed by atoms with Crippen LogP contribution in [0.5, 0.6) is 0 Å². The van der Waals surface area contributed by atoms with E-state index in [1.165, 1.54) is 0 Å². The maximum absolute atomic E-state index is 5.46. The van der Waals surface area contributed by atoms with E-state index >= 15 is 0 Å². The average Bonchev–Trinajstić information content (AvgIpc) is 2.88. The Balaban J connectivity index is 4.79. The Morgan fingerprint density at radius 2 is 0.659 bits per heavy atom. The smallest absolute Gasteiger partial charge is 0.301 e.